The first-order valence-electron chi connectivity index (χ1n) is 16.7. The van der Waals surface area contributed by atoms with Crippen molar-refractivity contribution >= 4 is 0 Å². The molecule has 2 aliphatic heterocycles. The van der Waals surface area contributed by atoms with Gasteiger partial charge < -0.3 is 41.7 Å². The number of hydrogen-bond acceptors (Lipinski definition) is 8. The van der Waals surface area contributed by atoms with Crippen molar-refractivity contribution < 1.29 is 0 Å². The molecule has 6 N–H and O–H groups in total. The fourth-order valence-electron chi connectivity index (χ4n) is 5.67. The van der Waals surface area contributed by atoms with Gasteiger partial charge in [0.15, 0.2) is 0 Å². The molecule has 3 rings (SSSR count). The van der Waals surface area contributed by atoms with Crippen molar-refractivity contribution in [2.24, 2.45) is 0 Å². The second-order valence-electron chi connectivity index (χ2n) is 11.6. The quantitative estimate of drug-likeness (QED) is 0.285. The van der Waals surface area contributed by atoms with Gasteiger partial charge in [0, 0.05) is 52.4 Å². The summed E-state index contributed by atoms with van der Waals surface area (Å²) in [5.74, 6) is 0. The zero-order valence-corrected chi connectivity index (χ0v) is 25.6. The van der Waals surface area contributed by atoms with E-state index >= 15 is 0 Å². The molecule has 2 heterocycles. The van der Waals surface area contributed by atoms with Crippen molar-refractivity contribution in [2.45, 2.75) is 51.4 Å². The highest BCUT2D eigenvalue weighted by Crippen LogP contribution is 2.10. The summed E-state index contributed by atoms with van der Waals surface area (Å²) in [7, 11) is 0. The van der Waals surface area contributed by atoms with E-state index in [0.29, 0.717) is 0 Å². The summed E-state index contributed by atoms with van der Waals surface area (Å²) in [4.78, 5) is 5.33. The van der Waals surface area contributed by atoms with Gasteiger partial charge in [0.1, 0.15) is 0 Å². The number of nitrogens with zero attached hydrogens (tertiary/aromatic N) is 2. The van der Waals surface area contributed by atoms with Crippen molar-refractivity contribution in [3.8, 4) is 0 Å². The zero-order chi connectivity index (χ0) is 27.8. The number of nitrogens with one attached hydrogen (secondary N) is 6. The van der Waals surface area contributed by atoms with Gasteiger partial charge in [-0.1, -0.05) is 24.3 Å². The Labute approximate surface area is 246 Å². The van der Waals surface area contributed by atoms with Gasteiger partial charge in [-0.3, -0.25) is 0 Å². The van der Waals surface area contributed by atoms with E-state index in [0.717, 1.165) is 91.6 Å². The standard InChI is InChI=1S/C32H62N8/c1(25-39-27-5-17-35-21-19-33-13-3-15-37-23-29-39)7-31-9-11-32(12-10-31)8-2-26-40-28-6-18-36-22-20-34-14-4-16-38-24-30-40/h9-12,33-38H,1-8,13-30H2. The lowest BCUT2D eigenvalue weighted by Crippen LogP contribution is -2.37. The number of aryl methyl sites for hydroxylation is 2. The second kappa shape index (κ2) is 23.5. The van der Waals surface area contributed by atoms with Gasteiger partial charge in [-0.2, -0.15) is 0 Å². The summed E-state index contributed by atoms with van der Waals surface area (Å²) in [6.45, 7) is 20.3. The first-order chi connectivity index (χ1) is 19.9. The van der Waals surface area contributed by atoms with Crippen LogP contribution in [0.3, 0.4) is 0 Å². The Morgan fingerprint density at radius 1 is 0.400 bits per heavy atom. The van der Waals surface area contributed by atoms with Gasteiger partial charge in [-0.15, -0.1) is 0 Å². The highest BCUT2D eigenvalue weighted by Gasteiger charge is 2.08. The molecular weight excluding hydrogens is 496 g/mol. The van der Waals surface area contributed by atoms with Crippen LogP contribution >= 0.6 is 0 Å². The van der Waals surface area contributed by atoms with E-state index in [-0.39, 0.29) is 0 Å². The lowest BCUT2D eigenvalue weighted by atomic mass is 10.0. The fraction of sp³-hybridized carbons (Fsp3) is 0.812. The maximum Gasteiger partial charge on any atom is 0.0107 e. The minimum absolute atomic E-state index is 1.08. The van der Waals surface area contributed by atoms with Crippen LogP contribution in [0.1, 0.15) is 49.7 Å². The van der Waals surface area contributed by atoms with Gasteiger partial charge in [0.05, 0.1) is 0 Å². The third-order valence-electron chi connectivity index (χ3n) is 8.14. The summed E-state index contributed by atoms with van der Waals surface area (Å²) < 4.78 is 0. The molecule has 1 aromatic rings. The molecule has 0 unspecified atom stereocenters. The largest absolute Gasteiger partial charge is 0.315 e. The molecule has 2 aliphatic rings. The molecule has 0 aromatic heterocycles. The van der Waals surface area contributed by atoms with E-state index in [4.69, 9.17) is 0 Å². The van der Waals surface area contributed by atoms with Crippen LogP contribution in [0.25, 0.3) is 0 Å². The van der Waals surface area contributed by atoms with Gasteiger partial charge >= 0.3 is 0 Å². The lowest BCUT2D eigenvalue weighted by Gasteiger charge is -2.23. The molecule has 8 heteroatoms. The van der Waals surface area contributed by atoms with Crippen LogP contribution in [0.4, 0.5) is 0 Å². The molecular formula is C32H62N8. The minimum atomic E-state index is 1.08. The molecule has 2 fully saturated rings. The van der Waals surface area contributed by atoms with Crippen LogP contribution in [0.2, 0.25) is 0 Å². The average molecular weight is 559 g/mol. The Morgan fingerprint density at radius 3 is 1.15 bits per heavy atom. The minimum Gasteiger partial charge on any atom is -0.315 e. The molecule has 0 spiro atoms. The van der Waals surface area contributed by atoms with Crippen LogP contribution in [-0.4, -0.2) is 128 Å². The molecule has 0 amide bonds. The first kappa shape index (κ1) is 33.4. The summed E-state index contributed by atoms with van der Waals surface area (Å²) in [6, 6.07) is 9.52. The topological polar surface area (TPSA) is 78.7 Å². The van der Waals surface area contributed by atoms with Crippen molar-refractivity contribution in [3.63, 3.8) is 0 Å². The second-order valence-corrected chi connectivity index (χ2v) is 11.6. The van der Waals surface area contributed by atoms with Gasteiger partial charge in [0.2, 0.25) is 0 Å². The SMILES string of the molecule is c1cc(CCCN2CCCNCCNCCCNCC2)ccc1CCCN1CCCNCCNCCCNCC1. The number of rotatable bonds is 8. The average Bonchev–Trinajstić information content (AvgIpc) is 2.97. The monoisotopic (exact) mass is 559 g/mol. The molecule has 230 valence electrons. The molecule has 1 aromatic carbocycles. The fourth-order valence-corrected chi connectivity index (χ4v) is 5.67. The summed E-state index contributed by atoms with van der Waals surface area (Å²) >= 11 is 0. The summed E-state index contributed by atoms with van der Waals surface area (Å²) in [5.41, 5.74) is 2.98. The van der Waals surface area contributed by atoms with Crippen LogP contribution in [-0.2, 0) is 12.8 Å². The predicted octanol–water partition coefficient (Wildman–Crippen LogP) is 1.28. The highest BCUT2D eigenvalue weighted by molar-refractivity contribution is 5.22. The normalized spacial score (nSPS) is 21.8. The van der Waals surface area contributed by atoms with E-state index in [1.165, 1.54) is 88.7 Å². The Bertz CT molecular complexity index is 614. The van der Waals surface area contributed by atoms with Crippen molar-refractivity contribution in [3.05, 3.63) is 35.4 Å². The van der Waals surface area contributed by atoms with E-state index in [9.17, 15) is 0 Å². The zero-order valence-electron chi connectivity index (χ0n) is 25.6. The van der Waals surface area contributed by atoms with Gasteiger partial charge in [0.25, 0.3) is 0 Å². The maximum atomic E-state index is 3.63. The van der Waals surface area contributed by atoms with Crippen LogP contribution < -0.4 is 31.9 Å². The van der Waals surface area contributed by atoms with E-state index in [1.54, 1.807) is 0 Å². The smallest absolute Gasteiger partial charge is 0.0107 e. The van der Waals surface area contributed by atoms with Gasteiger partial charge in [-0.25, -0.2) is 0 Å². The van der Waals surface area contributed by atoms with Crippen molar-refractivity contribution in [2.75, 3.05) is 118 Å². The Balaban J connectivity index is 1.31. The van der Waals surface area contributed by atoms with Crippen molar-refractivity contribution in [1.82, 2.24) is 41.7 Å². The molecule has 40 heavy (non-hydrogen) atoms. The Hall–Kier alpha value is -1.10. The van der Waals surface area contributed by atoms with Crippen LogP contribution in [0.5, 0.6) is 0 Å². The molecule has 0 atom stereocenters. The first-order valence-corrected chi connectivity index (χ1v) is 16.7. The number of hydrogen-bond donors (Lipinski definition) is 6. The third-order valence-corrected chi connectivity index (χ3v) is 8.14. The molecule has 2 saturated heterocycles. The molecule has 0 bridgehead atoms. The van der Waals surface area contributed by atoms with E-state index in [2.05, 4.69) is 66.0 Å². The Morgan fingerprint density at radius 2 is 0.750 bits per heavy atom. The molecule has 0 saturated carbocycles. The molecule has 8 nitrogen and oxygen atoms in total. The lowest BCUT2D eigenvalue weighted by molar-refractivity contribution is 0.264. The third kappa shape index (κ3) is 17.0. The number of benzene rings is 1. The predicted molar refractivity (Wildman–Crippen MR) is 172 cm³/mol. The molecule has 0 aliphatic carbocycles. The summed E-state index contributed by atoms with van der Waals surface area (Å²) in [6.07, 6.45) is 9.73. The van der Waals surface area contributed by atoms with Crippen molar-refractivity contribution in [1.29, 1.82) is 0 Å². The van der Waals surface area contributed by atoms with E-state index in [1.807, 2.05) is 0 Å². The van der Waals surface area contributed by atoms with Gasteiger partial charge in [-0.05, 0) is 128 Å². The van der Waals surface area contributed by atoms with E-state index < -0.39 is 0 Å². The van der Waals surface area contributed by atoms with Crippen LogP contribution in [0, 0.1) is 0 Å². The van der Waals surface area contributed by atoms with Crippen LogP contribution in [0.15, 0.2) is 24.3 Å². The highest BCUT2D eigenvalue weighted by atomic mass is 15.1. The summed E-state index contributed by atoms with van der Waals surface area (Å²) in [5, 5.41) is 21.5. The molecule has 0 radical (unpaired) electrons. The Kier molecular flexibility index (Phi) is 19.6. The maximum absolute atomic E-state index is 3.63.